The van der Waals surface area contributed by atoms with Crippen molar-refractivity contribution in [3.8, 4) is 0 Å². The Labute approximate surface area is 343 Å². The molecular formula is C42H67FN6O9. The third-order valence-corrected chi connectivity index (χ3v) is 12.2. The molecule has 1 aromatic heterocycles. The summed E-state index contributed by atoms with van der Waals surface area (Å²) >= 11 is 0. The third-order valence-electron chi connectivity index (χ3n) is 12.2. The van der Waals surface area contributed by atoms with Crippen molar-refractivity contribution in [2.45, 2.75) is 154 Å². The van der Waals surface area contributed by atoms with Gasteiger partial charge in [0.15, 0.2) is 6.29 Å². The fraction of sp³-hybridized carbons (Fsp3) is 0.762. The minimum Gasteiger partial charge on any atom is -0.459 e. The van der Waals surface area contributed by atoms with Gasteiger partial charge in [-0.2, -0.15) is 0 Å². The second-order valence-corrected chi connectivity index (χ2v) is 17.2. The highest BCUT2D eigenvalue weighted by Crippen LogP contribution is 2.31. The number of amides is 1. The van der Waals surface area contributed by atoms with E-state index in [1.54, 1.807) is 29.9 Å². The summed E-state index contributed by atoms with van der Waals surface area (Å²) in [6.07, 6.45) is 3.20. The zero-order valence-corrected chi connectivity index (χ0v) is 35.7. The van der Waals surface area contributed by atoms with E-state index < -0.39 is 48.0 Å². The Balaban J connectivity index is 1.09. The van der Waals surface area contributed by atoms with E-state index in [0.717, 1.165) is 25.8 Å². The van der Waals surface area contributed by atoms with Gasteiger partial charge >= 0.3 is 12.1 Å². The standard InChI is InChI=1S/C42H67FN6O9/c1-9-37-42(6,53)39(50)30(5)47(8)22-27(2)13-15-35(16-14-28(3)40(51)58-37)56-38-21-34(19-29(4)55-38)46(7)17-18-54-26-32-23-48(45-44-32)24-36-25-49(41(52)57-36)33-12-10-11-31(43)20-33/h10-12,20,23,27-30,34-39,50,53H,9,13-19,21-22,24-26H2,1-8H3/t27-,28-,29-,30-,34+,35?,36+,37-,38+,39-,42-/m1/s1. The van der Waals surface area contributed by atoms with Crippen LogP contribution in [0, 0.1) is 17.7 Å². The zero-order chi connectivity index (χ0) is 42.1. The molecule has 2 aromatic rings. The number of cyclic esters (lactones) is 2. The number of nitrogens with zero attached hydrogens (tertiary/aromatic N) is 6. The average Bonchev–Trinajstić information content (AvgIpc) is 3.79. The van der Waals surface area contributed by atoms with Crippen molar-refractivity contribution in [3.05, 3.63) is 42.0 Å². The summed E-state index contributed by atoms with van der Waals surface area (Å²) in [5, 5.41) is 31.0. The lowest BCUT2D eigenvalue weighted by Gasteiger charge is -2.41. The molecular weight excluding hydrogens is 751 g/mol. The maximum absolute atomic E-state index is 13.7. The van der Waals surface area contributed by atoms with Gasteiger partial charge in [-0.05, 0) is 97.5 Å². The van der Waals surface area contributed by atoms with Crippen molar-refractivity contribution >= 4 is 17.7 Å². The molecule has 58 heavy (non-hydrogen) atoms. The number of carbonyl (C=O) groups excluding carboxylic acids is 2. The van der Waals surface area contributed by atoms with E-state index in [4.69, 9.17) is 23.7 Å². The van der Waals surface area contributed by atoms with Crippen molar-refractivity contribution in [3.63, 3.8) is 0 Å². The molecule has 1 aromatic carbocycles. The molecule has 15 nitrogen and oxygen atoms in total. The van der Waals surface area contributed by atoms with Crippen LogP contribution in [0.2, 0.25) is 0 Å². The zero-order valence-electron chi connectivity index (χ0n) is 35.7. The van der Waals surface area contributed by atoms with Crippen LogP contribution in [0.3, 0.4) is 0 Å². The number of rotatable bonds is 12. The molecule has 3 fully saturated rings. The average molecular weight is 819 g/mol. The van der Waals surface area contributed by atoms with Crippen LogP contribution < -0.4 is 4.90 Å². The topological polar surface area (TPSA) is 161 Å². The summed E-state index contributed by atoms with van der Waals surface area (Å²) < 4.78 is 45.7. The van der Waals surface area contributed by atoms with Gasteiger partial charge in [0, 0.05) is 31.6 Å². The van der Waals surface area contributed by atoms with E-state index in [9.17, 15) is 24.2 Å². The number of hydrogen-bond donors (Lipinski definition) is 2. The third kappa shape index (κ3) is 12.4. The summed E-state index contributed by atoms with van der Waals surface area (Å²) in [5.41, 5.74) is -0.495. The van der Waals surface area contributed by atoms with Gasteiger partial charge in [-0.1, -0.05) is 32.1 Å². The Morgan fingerprint density at radius 1 is 1.07 bits per heavy atom. The lowest BCUT2D eigenvalue weighted by molar-refractivity contribution is -0.225. The molecule has 0 bridgehead atoms. The predicted octanol–water partition coefficient (Wildman–Crippen LogP) is 4.77. The number of anilines is 1. The largest absolute Gasteiger partial charge is 0.459 e. The second kappa shape index (κ2) is 20.8. The van der Waals surface area contributed by atoms with Crippen molar-refractivity contribution in [1.82, 2.24) is 24.8 Å². The lowest BCUT2D eigenvalue weighted by Crippen LogP contribution is -2.58. The number of aliphatic hydroxyl groups excluding tert-OH is 1. The van der Waals surface area contributed by atoms with Gasteiger partial charge in [-0.15, -0.1) is 5.10 Å². The molecule has 16 heteroatoms. The molecule has 3 aliphatic heterocycles. The van der Waals surface area contributed by atoms with Crippen LogP contribution in [0.15, 0.2) is 30.5 Å². The first-order chi connectivity index (χ1) is 27.5. The predicted molar refractivity (Wildman–Crippen MR) is 214 cm³/mol. The number of esters is 1. The maximum atomic E-state index is 13.7. The number of carbonyl (C=O) groups is 2. The van der Waals surface area contributed by atoms with Gasteiger partial charge in [0.1, 0.15) is 35.4 Å². The summed E-state index contributed by atoms with van der Waals surface area (Å²) in [5.74, 6) is -0.906. The molecule has 1 unspecified atom stereocenters. The minimum atomic E-state index is -1.60. The minimum absolute atomic E-state index is 0.00217. The Hall–Kier alpha value is -3.25. The van der Waals surface area contributed by atoms with Crippen LogP contribution in [0.5, 0.6) is 0 Å². The molecule has 0 spiro atoms. The summed E-state index contributed by atoms with van der Waals surface area (Å²) in [4.78, 5) is 31.4. The van der Waals surface area contributed by atoms with Gasteiger partial charge in [-0.25, -0.2) is 13.9 Å². The van der Waals surface area contributed by atoms with Crippen LogP contribution in [-0.2, 0) is 41.6 Å². The van der Waals surface area contributed by atoms with E-state index in [1.165, 1.54) is 17.0 Å². The van der Waals surface area contributed by atoms with Gasteiger partial charge in [0.05, 0.1) is 56.3 Å². The highest BCUT2D eigenvalue weighted by Gasteiger charge is 2.45. The van der Waals surface area contributed by atoms with Crippen LogP contribution in [0.4, 0.5) is 14.9 Å². The van der Waals surface area contributed by atoms with Crippen LogP contribution in [0.1, 0.15) is 92.2 Å². The molecule has 11 atom stereocenters. The number of hydrogen-bond acceptors (Lipinski definition) is 13. The quantitative estimate of drug-likeness (QED) is 0.223. The summed E-state index contributed by atoms with van der Waals surface area (Å²) in [6.45, 7) is 14.2. The van der Waals surface area contributed by atoms with E-state index >= 15 is 0 Å². The van der Waals surface area contributed by atoms with Crippen molar-refractivity contribution in [2.24, 2.45) is 11.8 Å². The first-order valence-electron chi connectivity index (χ1n) is 21.1. The van der Waals surface area contributed by atoms with Crippen LogP contribution in [-0.4, -0.2) is 142 Å². The fourth-order valence-electron chi connectivity index (χ4n) is 8.32. The SMILES string of the molecule is CC[C@H]1OC(=O)[C@H](C)CCC(O[C@H]2C[C@@H](N(C)CCOCc3cn(C[C@H]4CN(c5cccc(F)c5)C(=O)O4)nn3)C[C@@H](C)O2)CC[C@@H](C)CN(C)[C@H](C)[C@@H](O)[C@]1(C)O. The van der Waals surface area contributed by atoms with E-state index in [-0.39, 0.29) is 43.4 Å². The number of aromatic nitrogens is 3. The van der Waals surface area contributed by atoms with Crippen LogP contribution >= 0.6 is 0 Å². The summed E-state index contributed by atoms with van der Waals surface area (Å²) in [7, 11) is 4.04. The molecule has 5 rings (SSSR count). The van der Waals surface area contributed by atoms with Gasteiger partial charge in [0.25, 0.3) is 0 Å². The van der Waals surface area contributed by atoms with Gasteiger partial charge < -0.3 is 43.7 Å². The van der Waals surface area contributed by atoms with Crippen molar-refractivity contribution < 1.29 is 47.9 Å². The van der Waals surface area contributed by atoms with Crippen molar-refractivity contribution in [1.29, 1.82) is 0 Å². The molecule has 0 aliphatic carbocycles. The van der Waals surface area contributed by atoms with Crippen molar-refractivity contribution in [2.75, 3.05) is 45.2 Å². The first kappa shape index (κ1) is 45.8. The fourth-order valence-corrected chi connectivity index (χ4v) is 8.32. The maximum Gasteiger partial charge on any atom is 0.414 e. The first-order valence-corrected chi connectivity index (χ1v) is 21.1. The molecule has 0 saturated carbocycles. The number of likely N-dealkylation sites (N-methyl/N-ethyl adjacent to an activating group) is 2. The monoisotopic (exact) mass is 818 g/mol. The number of halogens is 1. The van der Waals surface area contributed by atoms with E-state index in [0.29, 0.717) is 62.7 Å². The molecule has 3 aliphatic rings. The van der Waals surface area contributed by atoms with E-state index in [2.05, 4.69) is 41.0 Å². The van der Waals surface area contributed by atoms with E-state index in [1.807, 2.05) is 27.8 Å². The van der Waals surface area contributed by atoms with Gasteiger partial charge in [-0.3, -0.25) is 9.69 Å². The highest BCUT2D eigenvalue weighted by atomic mass is 19.1. The molecule has 1 amide bonds. The number of aliphatic hydroxyl groups is 2. The normalized spacial score (nSPS) is 33.8. The Morgan fingerprint density at radius 2 is 1.83 bits per heavy atom. The Morgan fingerprint density at radius 3 is 2.57 bits per heavy atom. The second-order valence-electron chi connectivity index (χ2n) is 17.2. The molecule has 0 radical (unpaired) electrons. The molecule has 3 saturated heterocycles. The molecule has 2 N–H and O–H groups in total. The Bertz CT molecular complexity index is 1620. The highest BCUT2D eigenvalue weighted by molar-refractivity contribution is 5.89. The lowest BCUT2D eigenvalue weighted by atomic mass is 9.86. The Kier molecular flexibility index (Phi) is 16.5. The molecule has 326 valence electrons. The van der Waals surface area contributed by atoms with Gasteiger partial charge in [0.2, 0.25) is 0 Å². The number of benzene rings is 1. The molecule has 4 heterocycles. The summed E-state index contributed by atoms with van der Waals surface area (Å²) in [6, 6.07) is 5.72. The number of ether oxygens (including phenoxy) is 5. The smallest absolute Gasteiger partial charge is 0.414 e. The van der Waals surface area contributed by atoms with Crippen LogP contribution in [0.25, 0.3) is 0 Å².